The van der Waals surface area contributed by atoms with Gasteiger partial charge in [0.1, 0.15) is 0 Å². The molecule has 1 N–H and O–H groups in total. The van der Waals surface area contributed by atoms with Crippen molar-refractivity contribution in [3.63, 3.8) is 0 Å². The second-order valence-corrected chi connectivity index (χ2v) is 6.68. The summed E-state index contributed by atoms with van der Waals surface area (Å²) in [5, 5.41) is 14.2. The number of hydrogen-bond acceptors (Lipinski definition) is 4. The minimum Gasteiger partial charge on any atom is -0.481 e. The Morgan fingerprint density at radius 1 is 1.27 bits per heavy atom. The van der Waals surface area contributed by atoms with E-state index in [1.807, 2.05) is 49.6 Å². The molecule has 6 nitrogen and oxygen atoms in total. The highest BCUT2D eigenvalue weighted by Gasteiger charge is 2.30. The fraction of sp³-hybridized carbons (Fsp3) is 0.250. The predicted octanol–water partition coefficient (Wildman–Crippen LogP) is 2.67. The molecule has 3 aromatic rings. The van der Waals surface area contributed by atoms with Gasteiger partial charge in [-0.1, -0.05) is 24.3 Å². The van der Waals surface area contributed by atoms with Crippen molar-refractivity contribution in [2.45, 2.75) is 19.0 Å². The molecule has 4 rings (SSSR count). The molecule has 1 atom stereocenters. The van der Waals surface area contributed by atoms with E-state index in [-0.39, 0.29) is 0 Å². The lowest BCUT2D eigenvalue weighted by atomic mass is 9.89. The van der Waals surface area contributed by atoms with E-state index in [9.17, 15) is 9.90 Å². The topological polar surface area (TPSA) is 71.2 Å². The Morgan fingerprint density at radius 2 is 2.12 bits per heavy atom. The molecule has 0 bridgehead atoms. The first kappa shape index (κ1) is 16.5. The van der Waals surface area contributed by atoms with E-state index in [1.165, 1.54) is 0 Å². The third kappa shape index (κ3) is 3.11. The molecule has 6 heteroatoms. The first-order valence-electron chi connectivity index (χ1n) is 8.57. The molecule has 2 aromatic heterocycles. The summed E-state index contributed by atoms with van der Waals surface area (Å²) in [4.78, 5) is 18.1. The van der Waals surface area contributed by atoms with Crippen molar-refractivity contribution >= 4 is 5.97 Å². The van der Waals surface area contributed by atoms with Crippen molar-refractivity contribution < 1.29 is 9.90 Å². The van der Waals surface area contributed by atoms with Gasteiger partial charge in [-0.3, -0.25) is 19.4 Å². The van der Waals surface area contributed by atoms with Gasteiger partial charge in [0.25, 0.3) is 0 Å². The normalized spacial score (nSPS) is 17.0. The number of aliphatic carboxylic acids is 1. The van der Waals surface area contributed by atoms with Crippen molar-refractivity contribution in [1.82, 2.24) is 19.7 Å². The van der Waals surface area contributed by atoms with Crippen LogP contribution in [0.4, 0.5) is 0 Å². The van der Waals surface area contributed by atoms with Gasteiger partial charge in [-0.2, -0.15) is 5.10 Å². The van der Waals surface area contributed by atoms with Gasteiger partial charge in [-0.05, 0) is 23.3 Å². The molecular formula is C20H20N4O2. The average Bonchev–Trinajstić information content (AvgIpc) is 3.02. The first-order chi connectivity index (χ1) is 12.6. The van der Waals surface area contributed by atoms with Crippen LogP contribution in [0, 0.1) is 0 Å². The first-order valence-corrected chi connectivity index (χ1v) is 8.57. The maximum absolute atomic E-state index is 11.8. The van der Waals surface area contributed by atoms with Crippen LogP contribution >= 0.6 is 0 Å². The van der Waals surface area contributed by atoms with Gasteiger partial charge in [0.15, 0.2) is 0 Å². The molecule has 0 aliphatic carbocycles. The number of aromatic nitrogens is 3. The van der Waals surface area contributed by atoms with Gasteiger partial charge >= 0.3 is 5.97 Å². The zero-order chi connectivity index (χ0) is 18.1. The number of carboxylic acid groups (broad SMARTS) is 1. The summed E-state index contributed by atoms with van der Waals surface area (Å²) < 4.78 is 1.80. The van der Waals surface area contributed by atoms with Gasteiger partial charge in [-0.25, -0.2) is 0 Å². The molecule has 1 aromatic carbocycles. The van der Waals surface area contributed by atoms with E-state index >= 15 is 0 Å². The lowest BCUT2D eigenvalue weighted by molar-refractivity contribution is -0.139. The zero-order valence-electron chi connectivity index (χ0n) is 14.5. The van der Waals surface area contributed by atoms with E-state index in [0.29, 0.717) is 13.1 Å². The molecule has 26 heavy (non-hydrogen) atoms. The summed E-state index contributed by atoms with van der Waals surface area (Å²) in [6.45, 7) is 1.88. The number of benzene rings is 1. The van der Waals surface area contributed by atoms with E-state index in [2.05, 4.69) is 15.0 Å². The van der Waals surface area contributed by atoms with Crippen LogP contribution < -0.4 is 0 Å². The standard InChI is InChI=1S/C20H20N4O2/c1-23-10-16(19(22-23)14-6-4-8-21-9-14)12-24-11-15-5-2-3-7-17(15)18(13-24)20(25)26/h2-10,18H,11-13H2,1H3,(H,25,26). The zero-order valence-corrected chi connectivity index (χ0v) is 14.5. The van der Waals surface area contributed by atoms with Gasteiger partial charge in [0.05, 0.1) is 11.6 Å². The number of carboxylic acids is 1. The average molecular weight is 348 g/mol. The van der Waals surface area contributed by atoms with E-state index < -0.39 is 11.9 Å². The number of pyridine rings is 1. The Morgan fingerprint density at radius 3 is 2.88 bits per heavy atom. The SMILES string of the molecule is Cn1cc(CN2Cc3ccccc3C(C(=O)O)C2)c(-c2cccnc2)n1. The Kier molecular flexibility index (Phi) is 4.26. The molecule has 1 aliphatic rings. The summed E-state index contributed by atoms with van der Waals surface area (Å²) in [5.74, 6) is -1.28. The highest BCUT2D eigenvalue weighted by molar-refractivity contribution is 5.77. The highest BCUT2D eigenvalue weighted by Crippen LogP contribution is 2.31. The number of rotatable bonds is 4. The molecule has 1 aliphatic heterocycles. The highest BCUT2D eigenvalue weighted by atomic mass is 16.4. The fourth-order valence-electron chi connectivity index (χ4n) is 3.65. The van der Waals surface area contributed by atoms with Crippen LogP contribution in [-0.4, -0.2) is 37.3 Å². The molecule has 3 heterocycles. The molecule has 0 saturated carbocycles. The summed E-state index contributed by atoms with van der Waals surface area (Å²) in [5.41, 5.74) is 4.94. The Hall–Kier alpha value is -2.99. The number of aryl methyl sites for hydroxylation is 1. The fourth-order valence-corrected chi connectivity index (χ4v) is 3.65. The van der Waals surface area contributed by atoms with Crippen molar-refractivity contribution in [1.29, 1.82) is 0 Å². The van der Waals surface area contributed by atoms with E-state index in [4.69, 9.17) is 0 Å². The minimum atomic E-state index is -0.777. The summed E-state index contributed by atoms with van der Waals surface area (Å²) in [6, 6.07) is 11.7. The number of nitrogens with zero attached hydrogens (tertiary/aromatic N) is 4. The summed E-state index contributed by atoms with van der Waals surface area (Å²) >= 11 is 0. The van der Waals surface area contributed by atoms with Crippen molar-refractivity contribution in [2.24, 2.45) is 7.05 Å². The van der Waals surface area contributed by atoms with Crippen molar-refractivity contribution in [3.8, 4) is 11.3 Å². The molecule has 0 radical (unpaired) electrons. The molecule has 0 amide bonds. The van der Waals surface area contributed by atoms with Gasteiger partial charge < -0.3 is 5.11 Å². The van der Waals surface area contributed by atoms with Crippen LogP contribution in [0.5, 0.6) is 0 Å². The Bertz CT molecular complexity index is 936. The van der Waals surface area contributed by atoms with Crippen LogP contribution in [0.1, 0.15) is 22.6 Å². The second kappa shape index (κ2) is 6.72. The quantitative estimate of drug-likeness (QED) is 0.785. The third-order valence-electron chi connectivity index (χ3n) is 4.80. The summed E-state index contributed by atoms with van der Waals surface area (Å²) in [6.07, 6.45) is 5.54. The third-order valence-corrected chi connectivity index (χ3v) is 4.80. The van der Waals surface area contributed by atoms with Crippen LogP contribution in [0.3, 0.4) is 0 Å². The minimum absolute atomic E-state index is 0.494. The molecular weight excluding hydrogens is 328 g/mol. The molecule has 0 saturated heterocycles. The van der Waals surface area contributed by atoms with Crippen LogP contribution in [0.2, 0.25) is 0 Å². The maximum atomic E-state index is 11.8. The van der Waals surface area contributed by atoms with Gasteiger partial charge in [-0.15, -0.1) is 0 Å². The monoisotopic (exact) mass is 348 g/mol. The van der Waals surface area contributed by atoms with Crippen molar-refractivity contribution in [2.75, 3.05) is 6.54 Å². The van der Waals surface area contributed by atoms with Crippen LogP contribution in [0.25, 0.3) is 11.3 Å². The molecule has 1 unspecified atom stereocenters. The number of carbonyl (C=O) groups is 1. The van der Waals surface area contributed by atoms with Crippen LogP contribution in [-0.2, 0) is 24.9 Å². The van der Waals surface area contributed by atoms with E-state index in [1.54, 1.807) is 17.1 Å². The number of fused-ring (bicyclic) bond motifs is 1. The lowest BCUT2D eigenvalue weighted by Crippen LogP contribution is -2.36. The second-order valence-electron chi connectivity index (χ2n) is 6.68. The van der Waals surface area contributed by atoms with Gasteiger partial charge in [0, 0.05) is 56.4 Å². The van der Waals surface area contributed by atoms with Crippen LogP contribution in [0.15, 0.2) is 55.0 Å². The molecule has 0 fully saturated rings. The Labute approximate surface area is 151 Å². The lowest BCUT2D eigenvalue weighted by Gasteiger charge is -2.32. The largest absolute Gasteiger partial charge is 0.481 e. The van der Waals surface area contributed by atoms with Crippen molar-refractivity contribution in [3.05, 3.63) is 71.7 Å². The molecule has 0 spiro atoms. The predicted molar refractivity (Wildman–Crippen MR) is 97.4 cm³/mol. The van der Waals surface area contributed by atoms with E-state index in [0.717, 1.165) is 34.5 Å². The maximum Gasteiger partial charge on any atom is 0.312 e. The number of hydrogen-bond donors (Lipinski definition) is 1. The van der Waals surface area contributed by atoms with Gasteiger partial charge in [0.2, 0.25) is 0 Å². The smallest absolute Gasteiger partial charge is 0.312 e. The Balaban J connectivity index is 1.64. The molecule has 132 valence electrons. The summed E-state index contributed by atoms with van der Waals surface area (Å²) in [7, 11) is 1.90.